The molecule has 0 saturated carbocycles. The Morgan fingerprint density at radius 1 is 1.36 bits per heavy atom. The van der Waals surface area contributed by atoms with Crippen LogP contribution in [-0.2, 0) is 11.2 Å². The molecule has 132 valence electrons. The third kappa shape index (κ3) is 3.85. The van der Waals surface area contributed by atoms with Gasteiger partial charge in [0.1, 0.15) is 11.9 Å². The number of rotatable bonds is 5. The normalized spacial score (nSPS) is 23.0. The number of aromatic amines is 1. The fraction of sp³-hybridized carbons (Fsp3) is 0.474. The summed E-state index contributed by atoms with van der Waals surface area (Å²) in [5, 5.41) is 10.1. The Balaban J connectivity index is 1.23. The van der Waals surface area contributed by atoms with Gasteiger partial charge in [0.15, 0.2) is 0 Å². The summed E-state index contributed by atoms with van der Waals surface area (Å²) in [5.74, 6) is 1.46. The lowest BCUT2D eigenvalue weighted by atomic mass is 9.95. The van der Waals surface area contributed by atoms with Gasteiger partial charge in [-0.3, -0.25) is 14.8 Å². The van der Waals surface area contributed by atoms with E-state index in [1.165, 1.54) is 11.3 Å². The number of benzene rings is 1. The largest absolute Gasteiger partial charge is 0.488 e. The van der Waals surface area contributed by atoms with Crippen molar-refractivity contribution >= 4 is 5.91 Å². The number of para-hydroxylation sites is 1. The number of nitrogens with zero attached hydrogens (tertiary/aromatic N) is 2. The summed E-state index contributed by atoms with van der Waals surface area (Å²) < 4.78 is 5.87. The molecule has 1 saturated heterocycles. The topological polar surface area (TPSA) is 70.2 Å². The Morgan fingerprint density at radius 2 is 2.28 bits per heavy atom. The van der Waals surface area contributed by atoms with Crippen molar-refractivity contribution in [3.05, 3.63) is 47.8 Å². The highest BCUT2D eigenvalue weighted by molar-refractivity contribution is 5.78. The number of fused-ring (bicyclic) bond motifs is 1. The molecule has 0 radical (unpaired) electrons. The van der Waals surface area contributed by atoms with Gasteiger partial charge in [0.25, 0.3) is 0 Å². The number of hydrogen-bond donors (Lipinski definition) is 2. The van der Waals surface area contributed by atoms with Crippen LogP contribution in [-0.4, -0.2) is 53.3 Å². The molecule has 6 nitrogen and oxygen atoms in total. The number of carbonyl (C=O) groups excluding carboxylic acids is 1. The number of aromatic nitrogens is 2. The fourth-order valence-electron chi connectivity index (χ4n) is 3.80. The average Bonchev–Trinajstić information content (AvgIpc) is 3.29. The van der Waals surface area contributed by atoms with Gasteiger partial charge >= 0.3 is 0 Å². The molecule has 2 atom stereocenters. The average molecular weight is 340 g/mol. The second-order valence-corrected chi connectivity index (χ2v) is 6.94. The standard InChI is InChI=1S/C19H24N4O2/c24-19(20-11-16-10-14-4-1-2-6-18(14)25-16)13-23-9-3-5-15(12-23)17-7-8-21-22-17/h1-2,4,6-8,15-16H,3,5,9-13H2,(H,20,24)(H,21,22)/t15-,16+/m0/s1. The molecule has 3 heterocycles. The van der Waals surface area contributed by atoms with Crippen LogP contribution >= 0.6 is 0 Å². The number of amides is 1. The van der Waals surface area contributed by atoms with Crippen LogP contribution in [0.25, 0.3) is 0 Å². The third-order valence-corrected chi connectivity index (χ3v) is 5.08. The van der Waals surface area contributed by atoms with E-state index in [0.717, 1.165) is 38.1 Å². The summed E-state index contributed by atoms with van der Waals surface area (Å²) in [6, 6.07) is 10.1. The fourth-order valence-corrected chi connectivity index (χ4v) is 3.80. The summed E-state index contributed by atoms with van der Waals surface area (Å²) in [5.41, 5.74) is 2.39. The molecule has 1 fully saturated rings. The van der Waals surface area contributed by atoms with Gasteiger partial charge in [0, 0.05) is 30.8 Å². The maximum absolute atomic E-state index is 12.3. The lowest BCUT2D eigenvalue weighted by Crippen LogP contribution is -2.44. The minimum absolute atomic E-state index is 0.0421. The molecule has 2 aliphatic rings. The Bertz CT molecular complexity index is 691. The number of ether oxygens (including phenoxy) is 1. The molecule has 6 heteroatoms. The number of carbonyl (C=O) groups is 1. The number of likely N-dealkylation sites (tertiary alicyclic amines) is 1. The van der Waals surface area contributed by atoms with E-state index in [1.807, 2.05) is 24.3 Å². The van der Waals surface area contributed by atoms with Gasteiger partial charge in [0.05, 0.1) is 13.1 Å². The summed E-state index contributed by atoms with van der Waals surface area (Å²) in [4.78, 5) is 14.5. The zero-order valence-corrected chi connectivity index (χ0v) is 14.3. The molecule has 0 bridgehead atoms. The second kappa shape index (κ2) is 7.27. The Labute approximate surface area is 147 Å². The molecule has 1 amide bonds. The van der Waals surface area contributed by atoms with Gasteiger partial charge < -0.3 is 10.1 Å². The first-order valence-corrected chi connectivity index (χ1v) is 9.01. The van der Waals surface area contributed by atoms with E-state index >= 15 is 0 Å². The lowest BCUT2D eigenvalue weighted by molar-refractivity contribution is -0.122. The van der Waals surface area contributed by atoms with Crippen LogP contribution in [0.3, 0.4) is 0 Å². The van der Waals surface area contributed by atoms with E-state index in [2.05, 4.69) is 26.5 Å². The number of nitrogens with one attached hydrogen (secondary N) is 2. The zero-order valence-electron chi connectivity index (χ0n) is 14.3. The van der Waals surface area contributed by atoms with Crippen LogP contribution in [0.1, 0.15) is 30.0 Å². The molecule has 4 rings (SSSR count). The summed E-state index contributed by atoms with van der Waals surface area (Å²) in [6.45, 7) is 2.89. The molecule has 0 unspecified atom stereocenters. The lowest BCUT2D eigenvalue weighted by Gasteiger charge is -2.31. The zero-order chi connectivity index (χ0) is 17.1. The van der Waals surface area contributed by atoms with Crippen LogP contribution in [0.4, 0.5) is 0 Å². The second-order valence-electron chi connectivity index (χ2n) is 6.94. The van der Waals surface area contributed by atoms with Crippen molar-refractivity contribution < 1.29 is 9.53 Å². The minimum Gasteiger partial charge on any atom is -0.488 e. The van der Waals surface area contributed by atoms with Gasteiger partial charge in [-0.25, -0.2) is 0 Å². The maximum atomic E-state index is 12.3. The minimum atomic E-state index is 0.0421. The Morgan fingerprint density at radius 3 is 3.12 bits per heavy atom. The Kier molecular flexibility index (Phi) is 4.70. The highest BCUT2D eigenvalue weighted by Gasteiger charge is 2.25. The molecule has 1 aromatic heterocycles. The number of H-pyrrole nitrogens is 1. The van der Waals surface area contributed by atoms with Crippen molar-refractivity contribution in [2.75, 3.05) is 26.2 Å². The van der Waals surface area contributed by atoms with Crippen LogP contribution in [0.5, 0.6) is 5.75 Å². The molecule has 2 aliphatic heterocycles. The third-order valence-electron chi connectivity index (χ3n) is 5.08. The summed E-state index contributed by atoms with van der Waals surface area (Å²) in [6.07, 6.45) is 4.95. The van der Waals surface area contributed by atoms with Crippen LogP contribution < -0.4 is 10.1 Å². The first-order valence-electron chi connectivity index (χ1n) is 9.01. The molecule has 2 aromatic rings. The van der Waals surface area contributed by atoms with E-state index < -0.39 is 0 Å². The van der Waals surface area contributed by atoms with E-state index in [4.69, 9.17) is 4.74 Å². The van der Waals surface area contributed by atoms with Gasteiger partial charge in [0.2, 0.25) is 5.91 Å². The van der Waals surface area contributed by atoms with E-state index in [9.17, 15) is 4.79 Å². The summed E-state index contributed by atoms with van der Waals surface area (Å²) >= 11 is 0. The van der Waals surface area contributed by atoms with Crippen molar-refractivity contribution in [1.29, 1.82) is 0 Å². The molecule has 1 aromatic carbocycles. The van der Waals surface area contributed by atoms with E-state index in [1.54, 1.807) is 6.20 Å². The number of piperidine rings is 1. The highest BCUT2D eigenvalue weighted by Crippen LogP contribution is 2.28. The molecular weight excluding hydrogens is 316 g/mol. The summed E-state index contributed by atoms with van der Waals surface area (Å²) in [7, 11) is 0. The molecular formula is C19H24N4O2. The SMILES string of the molecule is O=C(CN1CCC[C@H](c2ccn[nH]2)C1)NC[C@H]1Cc2ccccc2O1. The van der Waals surface area contributed by atoms with Gasteiger partial charge in [-0.1, -0.05) is 18.2 Å². The molecule has 2 N–H and O–H groups in total. The van der Waals surface area contributed by atoms with E-state index in [-0.39, 0.29) is 12.0 Å². The van der Waals surface area contributed by atoms with Crippen LogP contribution in [0.15, 0.2) is 36.5 Å². The maximum Gasteiger partial charge on any atom is 0.234 e. The Hall–Kier alpha value is -2.34. The molecule has 0 spiro atoms. The van der Waals surface area contributed by atoms with Crippen molar-refractivity contribution in [3.8, 4) is 5.75 Å². The van der Waals surface area contributed by atoms with E-state index in [0.29, 0.717) is 19.0 Å². The first kappa shape index (κ1) is 16.1. The van der Waals surface area contributed by atoms with Gasteiger partial charge in [-0.2, -0.15) is 5.10 Å². The van der Waals surface area contributed by atoms with Crippen molar-refractivity contribution in [1.82, 2.24) is 20.4 Å². The predicted octanol–water partition coefficient (Wildman–Crippen LogP) is 1.71. The van der Waals surface area contributed by atoms with Crippen molar-refractivity contribution in [3.63, 3.8) is 0 Å². The van der Waals surface area contributed by atoms with Gasteiger partial charge in [-0.05, 0) is 37.1 Å². The monoisotopic (exact) mass is 340 g/mol. The van der Waals surface area contributed by atoms with Gasteiger partial charge in [-0.15, -0.1) is 0 Å². The van der Waals surface area contributed by atoms with Crippen LogP contribution in [0, 0.1) is 0 Å². The van der Waals surface area contributed by atoms with Crippen molar-refractivity contribution in [2.24, 2.45) is 0 Å². The molecule has 0 aliphatic carbocycles. The highest BCUT2D eigenvalue weighted by atomic mass is 16.5. The predicted molar refractivity (Wildman–Crippen MR) is 94.6 cm³/mol. The van der Waals surface area contributed by atoms with Crippen molar-refractivity contribution in [2.45, 2.75) is 31.3 Å². The first-order chi connectivity index (χ1) is 12.3. The quantitative estimate of drug-likeness (QED) is 0.869. The molecule has 25 heavy (non-hydrogen) atoms. The number of hydrogen-bond acceptors (Lipinski definition) is 4. The smallest absolute Gasteiger partial charge is 0.234 e. The van der Waals surface area contributed by atoms with Crippen LogP contribution in [0.2, 0.25) is 0 Å².